The number of carboxylic acid groups (broad SMARTS) is 1. The molecule has 222 valence electrons. The fourth-order valence-corrected chi connectivity index (χ4v) is 5.31. The molecule has 3 aromatic rings. The quantitative estimate of drug-likeness (QED) is 0.349. The van der Waals surface area contributed by atoms with Gasteiger partial charge in [-0.2, -0.15) is 0 Å². The van der Waals surface area contributed by atoms with Crippen molar-refractivity contribution in [1.82, 2.24) is 35.0 Å². The summed E-state index contributed by atoms with van der Waals surface area (Å²) < 4.78 is 12.7. The van der Waals surface area contributed by atoms with Crippen LogP contribution in [0.15, 0.2) is 30.6 Å². The fraction of sp³-hybridized carbons (Fsp3) is 0.481. The molecule has 2 aliphatic rings. The zero-order valence-electron chi connectivity index (χ0n) is 23.1. The molecule has 15 nitrogen and oxygen atoms in total. The first-order valence-electron chi connectivity index (χ1n) is 13.8. The van der Waals surface area contributed by atoms with Crippen LogP contribution in [0.1, 0.15) is 54.6 Å². The Morgan fingerprint density at radius 3 is 2.40 bits per heavy atom. The SMILES string of the molecule is CCOC(=O)N1CCN(C(=O)C(CCn2cnnn2)c2nc3ccccc3c(OC3(C(=O)O)CCC3)c2C(N)=O)CC1. The molecule has 5 rings (SSSR count). The van der Waals surface area contributed by atoms with Gasteiger partial charge in [-0.05, 0) is 55.2 Å². The molecule has 1 unspecified atom stereocenters. The van der Waals surface area contributed by atoms with Gasteiger partial charge in [-0.15, -0.1) is 5.10 Å². The smallest absolute Gasteiger partial charge is 0.409 e. The lowest BCUT2D eigenvalue weighted by Gasteiger charge is -2.39. The number of amides is 3. The molecule has 15 heteroatoms. The molecule has 1 atom stereocenters. The van der Waals surface area contributed by atoms with Crippen LogP contribution < -0.4 is 10.5 Å². The number of fused-ring (bicyclic) bond motifs is 1. The molecule has 2 aromatic heterocycles. The number of carbonyl (C=O) groups is 4. The number of hydrogen-bond acceptors (Lipinski definition) is 10. The minimum atomic E-state index is -1.51. The Bertz CT molecular complexity index is 1480. The molecule has 3 N–H and O–H groups in total. The summed E-state index contributed by atoms with van der Waals surface area (Å²) in [6.45, 7) is 3.21. The molecular formula is C27H32N8O7. The van der Waals surface area contributed by atoms with Gasteiger partial charge in [0.1, 0.15) is 17.6 Å². The molecule has 3 amide bonds. The van der Waals surface area contributed by atoms with Crippen molar-refractivity contribution in [3.05, 3.63) is 41.9 Å². The Labute approximate surface area is 240 Å². The van der Waals surface area contributed by atoms with E-state index in [2.05, 4.69) is 15.5 Å². The van der Waals surface area contributed by atoms with Crippen LogP contribution in [0, 0.1) is 0 Å². The monoisotopic (exact) mass is 580 g/mol. The van der Waals surface area contributed by atoms with Gasteiger partial charge in [-0.25, -0.2) is 14.3 Å². The summed E-state index contributed by atoms with van der Waals surface area (Å²) in [6.07, 6.45) is 2.29. The van der Waals surface area contributed by atoms with Crippen molar-refractivity contribution in [3.63, 3.8) is 0 Å². The van der Waals surface area contributed by atoms with Gasteiger partial charge in [-0.3, -0.25) is 14.6 Å². The van der Waals surface area contributed by atoms with Crippen LogP contribution in [0.25, 0.3) is 10.9 Å². The number of aromatic nitrogens is 5. The van der Waals surface area contributed by atoms with E-state index in [4.69, 9.17) is 20.2 Å². The molecule has 0 radical (unpaired) electrons. The summed E-state index contributed by atoms with van der Waals surface area (Å²) in [5.74, 6) is -3.36. The third-order valence-corrected chi connectivity index (χ3v) is 7.75. The lowest BCUT2D eigenvalue weighted by molar-refractivity contribution is -0.163. The van der Waals surface area contributed by atoms with E-state index in [1.807, 2.05) is 0 Å². The van der Waals surface area contributed by atoms with E-state index < -0.39 is 29.5 Å². The van der Waals surface area contributed by atoms with Gasteiger partial charge in [-0.1, -0.05) is 12.1 Å². The maximum absolute atomic E-state index is 14.1. The number of primary amides is 1. The summed E-state index contributed by atoms with van der Waals surface area (Å²) in [5, 5.41) is 21.6. The van der Waals surface area contributed by atoms with Gasteiger partial charge in [0.2, 0.25) is 11.5 Å². The molecule has 1 saturated heterocycles. The Kier molecular flexibility index (Phi) is 8.17. The zero-order valence-corrected chi connectivity index (χ0v) is 23.1. The minimum absolute atomic E-state index is 0.00227. The average Bonchev–Trinajstić information content (AvgIpc) is 3.48. The van der Waals surface area contributed by atoms with Crippen LogP contribution in [-0.4, -0.2) is 102 Å². The number of aliphatic carboxylic acids is 1. The lowest BCUT2D eigenvalue weighted by Crippen LogP contribution is -2.52. The summed E-state index contributed by atoms with van der Waals surface area (Å²) in [4.78, 5) is 59.5. The predicted octanol–water partition coefficient (Wildman–Crippen LogP) is 1.18. The Morgan fingerprint density at radius 2 is 1.81 bits per heavy atom. The predicted molar refractivity (Wildman–Crippen MR) is 145 cm³/mol. The zero-order chi connectivity index (χ0) is 29.9. The van der Waals surface area contributed by atoms with Gasteiger partial charge in [0.05, 0.1) is 23.7 Å². The summed E-state index contributed by atoms with van der Waals surface area (Å²) in [7, 11) is 0. The number of nitrogens with zero attached hydrogens (tertiary/aromatic N) is 7. The van der Waals surface area contributed by atoms with Crippen molar-refractivity contribution >= 4 is 34.8 Å². The first-order chi connectivity index (χ1) is 20.2. The highest BCUT2D eigenvalue weighted by Gasteiger charge is 2.48. The molecule has 3 heterocycles. The number of pyridine rings is 1. The summed E-state index contributed by atoms with van der Waals surface area (Å²) in [6, 6.07) is 6.84. The first kappa shape index (κ1) is 28.7. The van der Waals surface area contributed by atoms with E-state index >= 15 is 0 Å². The highest BCUT2D eigenvalue weighted by atomic mass is 16.6. The van der Waals surface area contributed by atoms with Crippen molar-refractivity contribution in [2.24, 2.45) is 5.73 Å². The van der Waals surface area contributed by atoms with Crippen LogP contribution >= 0.6 is 0 Å². The average molecular weight is 581 g/mol. The number of carbonyl (C=O) groups excluding carboxylic acids is 3. The standard InChI is InChI=1S/C27H32N8O7/c1-2-41-26(40)34-14-12-33(13-15-34)24(37)18(8-11-35-16-29-31-32-35)21-20(23(28)36)22(17-6-3-4-7-19(17)30-21)42-27(25(38)39)9-5-10-27/h3-4,6-7,16,18H,2,5,8-15H2,1H3,(H2,28,36)(H,38,39). The molecular weight excluding hydrogens is 548 g/mol. The van der Waals surface area contributed by atoms with E-state index in [0.29, 0.717) is 17.3 Å². The largest absolute Gasteiger partial charge is 0.478 e. The van der Waals surface area contributed by atoms with E-state index in [1.54, 1.807) is 36.1 Å². The number of rotatable bonds is 10. The second-order valence-electron chi connectivity index (χ2n) is 10.3. The molecule has 1 aliphatic heterocycles. The van der Waals surface area contributed by atoms with Gasteiger partial charge in [0.15, 0.2) is 0 Å². The summed E-state index contributed by atoms with van der Waals surface area (Å²) >= 11 is 0. The first-order valence-corrected chi connectivity index (χ1v) is 13.8. The number of nitrogens with two attached hydrogens (primary N) is 1. The molecule has 1 aromatic carbocycles. The molecule has 1 saturated carbocycles. The van der Waals surface area contributed by atoms with Crippen molar-refractivity contribution in [1.29, 1.82) is 0 Å². The maximum atomic E-state index is 14.1. The topological polar surface area (TPSA) is 196 Å². The van der Waals surface area contributed by atoms with Gasteiger partial charge < -0.3 is 30.1 Å². The molecule has 0 bridgehead atoms. The van der Waals surface area contributed by atoms with Crippen molar-refractivity contribution in [3.8, 4) is 5.75 Å². The minimum Gasteiger partial charge on any atom is -0.478 e. The molecule has 42 heavy (non-hydrogen) atoms. The van der Waals surface area contributed by atoms with Crippen LogP contribution in [-0.2, 0) is 20.9 Å². The fourth-order valence-electron chi connectivity index (χ4n) is 5.31. The third-order valence-electron chi connectivity index (χ3n) is 7.75. The van der Waals surface area contributed by atoms with Crippen LogP contribution in [0.4, 0.5) is 4.79 Å². The number of tetrazole rings is 1. The van der Waals surface area contributed by atoms with Crippen molar-refractivity contribution in [2.45, 2.75) is 50.7 Å². The number of piperazine rings is 1. The molecule has 0 spiro atoms. The highest BCUT2D eigenvalue weighted by molar-refractivity contribution is 6.04. The van der Waals surface area contributed by atoms with E-state index in [0.717, 1.165) is 0 Å². The highest BCUT2D eigenvalue weighted by Crippen LogP contribution is 2.43. The number of aryl methyl sites for hydroxylation is 1. The number of benzene rings is 1. The van der Waals surface area contributed by atoms with Crippen molar-refractivity contribution in [2.75, 3.05) is 32.8 Å². The molecule has 2 fully saturated rings. The van der Waals surface area contributed by atoms with Crippen LogP contribution in [0.3, 0.4) is 0 Å². The number of ether oxygens (including phenoxy) is 2. The number of hydrogen-bond donors (Lipinski definition) is 2. The van der Waals surface area contributed by atoms with Gasteiger partial charge >= 0.3 is 12.1 Å². The van der Waals surface area contributed by atoms with E-state index in [9.17, 15) is 24.3 Å². The van der Waals surface area contributed by atoms with Gasteiger partial charge in [0, 0.05) is 38.1 Å². The second kappa shape index (κ2) is 12.0. The van der Waals surface area contributed by atoms with Crippen LogP contribution in [0.5, 0.6) is 5.75 Å². The Hall–Kier alpha value is -4.82. The van der Waals surface area contributed by atoms with E-state index in [1.165, 1.54) is 15.9 Å². The number of carboxylic acids is 1. The van der Waals surface area contributed by atoms with Crippen LogP contribution in [0.2, 0.25) is 0 Å². The van der Waals surface area contributed by atoms with E-state index in [-0.39, 0.29) is 81.5 Å². The molecule has 1 aliphatic carbocycles. The second-order valence-corrected chi connectivity index (χ2v) is 10.3. The van der Waals surface area contributed by atoms with Crippen molar-refractivity contribution < 1.29 is 33.8 Å². The van der Waals surface area contributed by atoms with Gasteiger partial charge in [0.25, 0.3) is 5.91 Å². The normalized spacial score (nSPS) is 16.9. The Morgan fingerprint density at radius 1 is 1.10 bits per heavy atom. The maximum Gasteiger partial charge on any atom is 0.409 e. The Balaban J connectivity index is 1.57. The lowest BCUT2D eigenvalue weighted by atomic mass is 9.80. The third kappa shape index (κ3) is 5.53. The number of para-hydroxylation sites is 1. The summed E-state index contributed by atoms with van der Waals surface area (Å²) in [5.41, 5.74) is 4.77.